The lowest BCUT2D eigenvalue weighted by atomic mass is 9.93. The monoisotopic (exact) mass is 740 g/mol. The van der Waals surface area contributed by atoms with Gasteiger partial charge in [0.1, 0.15) is 17.0 Å². The van der Waals surface area contributed by atoms with Gasteiger partial charge in [0.05, 0.1) is 42.8 Å². The first-order chi connectivity index (χ1) is 25.7. The Labute approximate surface area is 318 Å². The van der Waals surface area contributed by atoms with Gasteiger partial charge in [-0.15, -0.1) is 0 Å². The molecule has 1 amide bonds. The van der Waals surface area contributed by atoms with Crippen LogP contribution in [-0.4, -0.2) is 73.4 Å². The van der Waals surface area contributed by atoms with Gasteiger partial charge in [-0.2, -0.15) is 5.10 Å². The molecule has 0 atom stereocenters. The first-order valence-corrected chi connectivity index (χ1v) is 19.0. The van der Waals surface area contributed by atoms with Gasteiger partial charge >= 0.3 is 12.1 Å². The van der Waals surface area contributed by atoms with Crippen molar-refractivity contribution in [2.24, 2.45) is 7.05 Å². The van der Waals surface area contributed by atoms with Crippen molar-refractivity contribution < 1.29 is 34.0 Å². The first-order valence-electron chi connectivity index (χ1n) is 19.0. The molecule has 0 spiro atoms. The Kier molecular flexibility index (Phi) is 13.1. The third kappa shape index (κ3) is 9.07. The summed E-state index contributed by atoms with van der Waals surface area (Å²) in [5.74, 6) is -0.210. The number of aromatic nitrogens is 3. The summed E-state index contributed by atoms with van der Waals surface area (Å²) in [6.45, 7) is 12.8. The van der Waals surface area contributed by atoms with Gasteiger partial charge in [0.15, 0.2) is 0 Å². The van der Waals surface area contributed by atoms with Crippen molar-refractivity contribution in [2.45, 2.75) is 105 Å². The van der Waals surface area contributed by atoms with Crippen LogP contribution in [0.2, 0.25) is 0 Å². The van der Waals surface area contributed by atoms with Crippen LogP contribution < -0.4 is 4.74 Å². The Morgan fingerprint density at radius 1 is 1.00 bits per heavy atom. The molecule has 5 aromatic rings. The maximum atomic E-state index is 13.4. The number of benzene rings is 3. The molecule has 3 aromatic carbocycles. The highest BCUT2D eigenvalue weighted by molar-refractivity contribution is 6.06. The van der Waals surface area contributed by atoms with Crippen LogP contribution in [0.15, 0.2) is 54.6 Å². The van der Waals surface area contributed by atoms with Crippen molar-refractivity contribution in [3.8, 4) is 16.9 Å². The number of amides is 1. The lowest BCUT2D eigenvalue weighted by Crippen LogP contribution is -2.34. The number of carbonyl (C=O) groups excluding carboxylic acids is 1. The quantitative estimate of drug-likeness (QED) is 0.0909. The number of carboxylic acids is 1. The fourth-order valence-electron chi connectivity index (χ4n) is 7.11. The highest BCUT2D eigenvalue weighted by Gasteiger charge is 2.29. The number of carboxylic acid groups (broad SMARTS) is 1. The fourth-order valence-corrected chi connectivity index (χ4v) is 7.11. The number of aliphatic hydroxyl groups is 1. The minimum atomic E-state index is -1.01. The lowest BCUT2D eigenvalue weighted by Gasteiger charge is -2.24. The molecule has 5 rings (SSSR count). The first kappa shape index (κ1) is 40.3. The summed E-state index contributed by atoms with van der Waals surface area (Å²) in [6.07, 6.45) is 2.59. The molecule has 0 saturated heterocycles. The molecular formula is C43H56N4O7. The Morgan fingerprint density at radius 3 is 2.43 bits per heavy atom. The third-order valence-corrected chi connectivity index (χ3v) is 9.59. The van der Waals surface area contributed by atoms with E-state index in [1.54, 1.807) is 23.7 Å². The number of hydrogen-bond acceptors (Lipinski definition) is 7. The summed E-state index contributed by atoms with van der Waals surface area (Å²) in [5, 5.41) is 29.4. The Hall–Kier alpha value is -4.87. The molecule has 290 valence electrons. The van der Waals surface area contributed by atoms with E-state index in [9.17, 15) is 19.8 Å². The van der Waals surface area contributed by atoms with E-state index in [2.05, 4.69) is 25.1 Å². The molecule has 0 aliphatic rings. The standard InChI is InChI=1S/C43H56N4O7/c1-9-29-21-22-33(38-34(27-53-28(2)3)44-46(8)35(38)26-48)39-37(29)32(19-15-25-52-36-20-14-17-30-16-10-11-18-31(30)36)40(41(49)50)47(39)24-13-12-23-45(7)42(51)54-43(4,5)6/h10-11,14,16-18,20-22,28,48H,9,12-13,15,19,23-27H2,1-8H3,(H,49,50). The highest BCUT2D eigenvalue weighted by atomic mass is 16.6. The summed E-state index contributed by atoms with van der Waals surface area (Å²) in [4.78, 5) is 27.6. The van der Waals surface area contributed by atoms with Crippen LogP contribution in [-0.2, 0) is 49.1 Å². The number of ether oxygens (including phenoxy) is 3. The predicted molar refractivity (Wildman–Crippen MR) is 212 cm³/mol. The number of rotatable bonds is 17. The molecule has 0 bridgehead atoms. The van der Waals surface area contributed by atoms with Crippen molar-refractivity contribution in [2.75, 3.05) is 20.2 Å². The largest absolute Gasteiger partial charge is 0.493 e. The molecule has 11 heteroatoms. The second-order valence-corrected chi connectivity index (χ2v) is 15.1. The van der Waals surface area contributed by atoms with E-state index in [1.807, 2.05) is 75.6 Å². The van der Waals surface area contributed by atoms with E-state index >= 15 is 0 Å². The van der Waals surface area contributed by atoms with Crippen LogP contribution >= 0.6 is 0 Å². The van der Waals surface area contributed by atoms with E-state index < -0.39 is 17.7 Å². The van der Waals surface area contributed by atoms with Gasteiger partial charge in [0, 0.05) is 49.1 Å². The normalized spacial score (nSPS) is 11.9. The van der Waals surface area contributed by atoms with Crippen LogP contribution in [0, 0.1) is 0 Å². The maximum Gasteiger partial charge on any atom is 0.410 e. The summed E-state index contributed by atoms with van der Waals surface area (Å²) in [7, 11) is 3.52. The zero-order valence-corrected chi connectivity index (χ0v) is 33.1. The number of unbranched alkanes of at least 4 members (excludes halogenated alkanes) is 1. The van der Waals surface area contributed by atoms with Gasteiger partial charge in [-0.1, -0.05) is 55.5 Å². The number of fused-ring (bicyclic) bond motifs is 2. The summed E-state index contributed by atoms with van der Waals surface area (Å²) in [6, 6.07) is 18.2. The van der Waals surface area contributed by atoms with Crippen molar-refractivity contribution >= 4 is 33.7 Å². The second-order valence-electron chi connectivity index (χ2n) is 15.1. The molecule has 0 fully saturated rings. The van der Waals surface area contributed by atoms with Gasteiger partial charge in [-0.05, 0) is 89.3 Å². The Balaban J connectivity index is 1.58. The molecule has 0 saturated carbocycles. The molecule has 11 nitrogen and oxygen atoms in total. The third-order valence-electron chi connectivity index (χ3n) is 9.59. The molecule has 2 aromatic heterocycles. The number of nitrogens with zero attached hydrogens (tertiary/aromatic N) is 4. The smallest absolute Gasteiger partial charge is 0.410 e. The number of hydrogen-bond donors (Lipinski definition) is 2. The number of aryl methyl sites for hydroxylation is 4. The van der Waals surface area contributed by atoms with Gasteiger partial charge in [0.2, 0.25) is 0 Å². The molecule has 54 heavy (non-hydrogen) atoms. The van der Waals surface area contributed by atoms with Crippen LogP contribution in [0.4, 0.5) is 4.79 Å². The SMILES string of the molecule is CCc1ccc(-c2c(COC(C)C)nn(C)c2CO)c2c1c(CCCOc1cccc3ccccc13)c(C(=O)O)n2CCCCN(C)C(=O)OC(C)(C)C. The topological polar surface area (TPSA) is 128 Å². The Morgan fingerprint density at radius 2 is 1.74 bits per heavy atom. The minimum absolute atomic E-state index is 0.0381. The summed E-state index contributed by atoms with van der Waals surface area (Å²) >= 11 is 0. The fraction of sp³-hybridized carbons (Fsp3) is 0.465. The zero-order valence-electron chi connectivity index (χ0n) is 33.1. The van der Waals surface area contributed by atoms with Crippen molar-refractivity contribution in [3.05, 3.63) is 82.8 Å². The average Bonchev–Trinajstić information content (AvgIpc) is 3.63. The van der Waals surface area contributed by atoms with E-state index in [4.69, 9.17) is 19.3 Å². The van der Waals surface area contributed by atoms with Crippen molar-refractivity contribution in [1.82, 2.24) is 19.2 Å². The number of aromatic carboxylic acids is 1. The zero-order chi connectivity index (χ0) is 39.2. The molecule has 0 radical (unpaired) electrons. The summed E-state index contributed by atoms with van der Waals surface area (Å²) < 4.78 is 21.5. The maximum absolute atomic E-state index is 13.4. The number of carbonyl (C=O) groups is 2. The predicted octanol–water partition coefficient (Wildman–Crippen LogP) is 8.53. The van der Waals surface area contributed by atoms with Crippen LogP contribution in [0.3, 0.4) is 0 Å². The van der Waals surface area contributed by atoms with E-state index in [0.717, 1.165) is 49.7 Å². The number of aliphatic hydroxyl groups excluding tert-OH is 1. The van der Waals surface area contributed by atoms with Gasteiger partial charge in [0.25, 0.3) is 0 Å². The lowest BCUT2D eigenvalue weighted by molar-refractivity contribution is 0.0295. The van der Waals surface area contributed by atoms with E-state index in [1.165, 1.54) is 0 Å². The minimum Gasteiger partial charge on any atom is -0.493 e. The van der Waals surface area contributed by atoms with Crippen LogP contribution in [0.25, 0.3) is 32.8 Å². The van der Waals surface area contributed by atoms with Gasteiger partial charge < -0.3 is 33.9 Å². The molecule has 0 unspecified atom stereocenters. The van der Waals surface area contributed by atoms with E-state index in [0.29, 0.717) is 63.2 Å². The Bertz CT molecular complexity index is 2080. The van der Waals surface area contributed by atoms with Crippen molar-refractivity contribution in [1.29, 1.82) is 0 Å². The molecule has 0 aliphatic carbocycles. The van der Waals surface area contributed by atoms with Crippen LogP contribution in [0.1, 0.15) is 93.8 Å². The van der Waals surface area contributed by atoms with Gasteiger partial charge in [-0.25, -0.2) is 9.59 Å². The molecular weight excluding hydrogens is 684 g/mol. The van der Waals surface area contributed by atoms with E-state index in [-0.39, 0.29) is 25.0 Å². The van der Waals surface area contributed by atoms with Gasteiger partial charge in [-0.3, -0.25) is 4.68 Å². The van der Waals surface area contributed by atoms with Crippen molar-refractivity contribution in [3.63, 3.8) is 0 Å². The molecule has 2 N–H and O–H groups in total. The second kappa shape index (κ2) is 17.5. The summed E-state index contributed by atoms with van der Waals surface area (Å²) in [5.41, 5.74) is 5.09. The molecule has 2 heterocycles. The average molecular weight is 741 g/mol. The molecule has 0 aliphatic heterocycles. The highest BCUT2D eigenvalue weighted by Crippen LogP contribution is 2.41. The van der Waals surface area contributed by atoms with Crippen LogP contribution in [0.5, 0.6) is 5.75 Å².